The molecule has 2 aliphatic heterocycles. The molecule has 2 aromatic carbocycles. The minimum Gasteiger partial charge on any atom is -0.371 e. The average Bonchev–Trinajstić information content (AvgIpc) is 3.11. The summed E-state index contributed by atoms with van der Waals surface area (Å²) in [6.07, 6.45) is 2.63. The maximum atomic E-state index is 13.7. The van der Waals surface area contributed by atoms with E-state index in [1.165, 1.54) is 6.07 Å². The second kappa shape index (κ2) is 9.36. The average molecular weight is 446 g/mol. The summed E-state index contributed by atoms with van der Waals surface area (Å²) < 4.78 is 36.9. The Hall–Kier alpha value is -2.45. The Labute approximate surface area is 182 Å². The van der Waals surface area contributed by atoms with Gasteiger partial charge in [-0.25, -0.2) is 12.8 Å². The normalized spacial score (nSPS) is 21.2. The van der Waals surface area contributed by atoms with Gasteiger partial charge in [-0.15, -0.1) is 0 Å². The molecule has 2 N–H and O–H groups in total. The molecule has 31 heavy (non-hydrogen) atoms. The Morgan fingerprint density at radius 1 is 1.00 bits per heavy atom. The van der Waals surface area contributed by atoms with Crippen molar-refractivity contribution in [2.24, 2.45) is 0 Å². The number of amides is 1. The van der Waals surface area contributed by atoms with E-state index in [0.29, 0.717) is 29.3 Å². The molecule has 0 spiro atoms. The number of piperidine rings is 1. The molecular weight excluding hydrogens is 417 g/mol. The topological polar surface area (TPSA) is 78.5 Å². The minimum absolute atomic E-state index is 0.0868. The summed E-state index contributed by atoms with van der Waals surface area (Å²) in [6.45, 7) is 1.92. The molecule has 2 saturated heterocycles. The molecule has 2 aliphatic rings. The number of nitrogens with one attached hydrogen (secondary N) is 2. The minimum atomic E-state index is -2.86. The molecule has 166 valence electrons. The van der Waals surface area contributed by atoms with Crippen LogP contribution in [0, 0.1) is 5.82 Å². The van der Waals surface area contributed by atoms with E-state index in [9.17, 15) is 17.6 Å². The fourth-order valence-electron chi connectivity index (χ4n) is 4.31. The molecule has 4 rings (SSSR count). The summed E-state index contributed by atoms with van der Waals surface area (Å²) in [5.74, 6) is -0.00739. The molecule has 1 unspecified atom stereocenters. The SMILES string of the molecule is O=C(NCc1ccccc1F)c1ccc(N2CCC(NC3CCS(=O)(=O)C3)CC2)cc1. The number of sulfone groups is 1. The highest BCUT2D eigenvalue weighted by Gasteiger charge is 2.30. The number of hydrogen-bond donors (Lipinski definition) is 2. The van der Waals surface area contributed by atoms with Crippen molar-refractivity contribution in [1.29, 1.82) is 0 Å². The number of rotatable bonds is 6. The molecule has 0 aromatic heterocycles. The second-order valence-corrected chi connectivity index (χ2v) is 10.6. The molecule has 0 bridgehead atoms. The highest BCUT2D eigenvalue weighted by molar-refractivity contribution is 7.91. The van der Waals surface area contributed by atoms with Crippen molar-refractivity contribution < 1.29 is 17.6 Å². The molecular formula is C23H28FN3O3S. The Morgan fingerprint density at radius 2 is 1.71 bits per heavy atom. The number of benzene rings is 2. The third kappa shape index (κ3) is 5.62. The number of nitrogens with zero attached hydrogens (tertiary/aromatic N) is 1. The van der Waals surface area contributed by atoms with E-state index in [0.717, 1.165) is 31.6 Å². The number of carbonyl (C=O) groups excluding carboxylic acids is 1. The standard InChI is InChI=1S/C23H28FN3O3S/c24-22-4-2-1-3-18(22)15-25-23(28)17-5-7-21(8-6-17)27-12-9-19(10-13-27)26-20-11-14-31(29,30)16-20/h1-8,19-20,26H,9-16H2,(H,25,28). The molecule has 2 aromatic rings. The van der Waals surface area contributed by atoms with Crippen molar-refractivity contribution in [3.05, 3.63) is 65.5 Å². The maximum Gasteiger partial charge on any atom is 0.251 e. The Balaban J connectivity index is 1.26. The van der Waals surface area contributed by atoms with Crippen LogP contribution in [0.3, 0.4) is 0 Å². The smallest absolute Gasteiger partial charge is 0.251 e. The van der Waals surface area contributed by atoms with Crippen LogP contribution in [0.5, 0.6) is 0 Å². The number of anilines is 1. The summed E-state index contributed by atoms with van der Waals surface area (Å²) in [6, 6.07) is 14.3. The largest absolute Gasteiger partial charge is 0.371 e. The molecule has 1 amide bonds. The van der Waals surface area contributed by atoms with E-state index in [4.69, 9.17) is 0 Å². The third-order valence-corrected chi connectivity index (χ3v) is 7.86. The lowest BCUT2D eigenvalue weighted by molar-refractivity contribution is 0.0950. The Kier molecular flexibility index (Phi) is 6.57. The quantitative estimate of drug-likeness (QED) is 0.714. The zero-order valence-electron chi connectivity index (χ0n) is 17.4. The van der Waals surface area contributed by atoms with Gasteiger partial charge in [0.2, 0.25) is 0 Å². The zero-order chi connectivity index (χ0) is 21.8. The number of halogens is 1. The van der Waals surface area contributed by atoms with Crippen molar-refractivity contribution in [2.75, 3.05) is 29.5 Å². The van der Waals surface area contributed by atoms with Crippen LogP contribution in [-0.2, 0) is 16.4 Å². The van der Waals surface area contributed by atoms with Crippen LogP contribution in [0.15, 0.2) is 48.5 Å². The van der Waals surface area contributed by atoms with Crippen LogP contribution < -0.4 is 15.5 Å². The van der Waals surface area contributed by atoms with Crippen LogP contribution >= 0.6 is 0 Å². The lowest BCUT2D eigenvalue weighted by Crippen LogP contribution is -2.46. The summed E-state index contributed by atoms with van der Waals surface area (Å²) >= 11 is 0. The predicted octanol–water partition coefficient (Wildman–Crippen LogP) is 2.50. The van der Waals surface area contributed by atoms with Gasteiger partial charge in [-0.3, -0.25) is 4.79 Å². The lowest BCUT2D eigenvalue weighted by atomic mass is 10.0. The monoisotopic (exact) mass is 445 g/mol. The first-order valence-electron chi connectivity index (χ1n) is 10.7. The second-order valence-electron chi connectivity index (χ2n) is 8.35. The van der Waals surface area contributed by atoms with Gasteiger partial charge >= 0.3 is 0 Å². The summed E-state index contributed by atoms with van der Waals surface area (Å²) in [7, 11) is -2.86. The molecule has 8 heteroatoms. The van der Waals surface area contributed by atoms with Crippen molar-refractivity contribution in [3.63, 3.8) is 0 Å². The molecule has 6 nitrogen and oxygen atoms in total. The maximum absolute atomic E-state index is 13.7. The van der Waals surface area contributed by atoms with Crippen LogP contribution in [0.2, 0.25) is 0 Å². The van der Waals surface area contributed by atoms with Crippen molar-refractivity contribution in [1.82, 2.24) is 10.6 Å². The first-order valence-corrected chi connectivity index (χ1v) is 12.5. The van der Waals surface area contributed by atoms with Gasteiger partial charge in [0.1, 0.15) is 5.82 Å². The van der Waals surface area contributed by atoms with E-state index in [1.807, 2.05) is 12.1 Å². The van der Waals surface area contributed by atoms with Crippen LogP contribution in [0.4, 0.5) is 10.1 Å². The van der Waals surface area contributed by atoms with E-state index < -0.39 is 9.84 Å². The summed E-state index contributed by atoms with van der Waals surface area (Å²) in [5.41, 5.74) is 2.06. The Bertz CT molecular complexity index is 1020. The first-order chi connectivity index (χ1) is 14.9. The third-order valence-electron chi connectivity index (χ3n) is 6.09. The van der Waals surface area contributed by atoms with E-state index in [2.05, 4.69) is 15.5 Å². The number of carbonyl (C=O) groups is 1. The van der Waals surface area contributed by atoms with E-state index in [-0.39, 0.29) is 30.1 Å². The highest BCUT2D eigenvalue weighted by atomic mass is 32.2. The summed E-state index contributed by atoms with van der Waals surface area (Å²) in [5, 5.41) is 6.27. The molecule has 1 atom stereocenters. The van der Waals surface area contributed by atoms with Gasteiger partial charge in [-0.05, 0) is 49.6 Å². The van der Waals surface area contributed by atoms with Gasteiger partial charge in [0.15, 0.2) is 9.84 Å². The Morgan fingerprint density at radius 3 is 2.35 bits per heavy atom. The van der Waals surface area contributed by atoms with Crippen molar-refractivity contribution in [2.45, 2.75) is 37.9 Å². The van der Waals surface area contributed by atoms with E-state index >= 15 is 0 Å². The molecule has 0 radical (unpaired) electrons. The fourth-order valence-corrected chi connectivity index (χ4v) is 5.99. The first kappa shape index (κ1) is 21.8. The van der Waals surface area contributed by atoms with Gasteiger partial charge in [-0.2, -0.15) is 0 Å². The molecule has 2 fully saturated rings. The van der Waals surface area contributed by atoms with Crippen LogP contribution in [0.25, 0.3) is 0 Å². The van der Waals surface area contributed by atoms with Gasteiger partial charge < -0.3 is 15.5 Å². The van der Waals surface area contributed by atoms with Gasteiger partial charge in [0.25, 0.3) is 5.91 Å². The van der Waals surface area contributed by atoms with Gasteiger partial charge in [0.05, 0.1) is 11.5 Å². The zero-order valence-corrected chi connectivity index (χ0v) is 18.2. The fraction of sp³-hybridized carbons (Fsp3) is 0.435. The highest BCUT2D eigenvalue weighted by Crippen LogP contribution is 2.22. The van der Waals surface area contributed by atoms with Crippen molar-refractivity contribution >= 4 is 21.4 Å². The van der Waals surface area contributed by atoms with Gasteiger partial charge in [-0.1, -0.05) is 18.2 Å². The molecule has 2 heterocycles. The molecule has 0 aliphatic carbocycles. The lowest BCUT2D eigenvalue weighted by Gasteiger charge is -2.35. The summed E-state index contributed by atoms with van der Waals surface area (Å²) in [4.78, 5) is 14.7. The molecule has 0 saturated carbocycles. The van der Waals surface area contributed by atoms with Crippen LogP contribution in [0.1, 0.15) is 35.2 Å². The predicted molar refractivity (Wildman–Crippen MR) is 119 cm³/mol. The van der Waals surface area contributed by atoms with Gasteiger partial charge in [0, 0.05) is 48.5 Å². The van der Waals surface area contributed by atoms with E-state index in [1.54, 1.807) is 30.3 Å². The van der Waals surface area contributed by atoms with Crippen molar-refractivity contribution in [3.8, 4) is 0 Å². The number of hydrogen-bond acceptors (Lipinski definition) is 5. The van der Waals surface area contributed by atoms with Crippen LogP contribution in [-0.4, -0.2) is 51.0 Å².